The SMILES string of the molecule is c1ccc(-c2ccc(-c3cc(-c4ccc(-c5ccccn5)cc4)c(-c4ccccn4)cc3-c3ccccn3)cc2)nc1. The van der Waals surface area contributed by atoms with Gasteiger partial charge in [0.1, 0.15) is 0 Å². The van der Waals surface area contributed by atoms with Crippen molar-refractivity contribution in [3.8, 4) is 67.3 Å². The predicted octanol–water partition coefficient (Wildman–Crippen LogP) is 9.27. The molecule has 0 saturated heterocycles. The minimum atomic E-state index is 0.913. The monoisotopic (exact) mass is 538 g/mol. The third-order valence-electron chi connectivity index (χ3n) is 7.35. The van der Waals surface area contributed by atoms with E-state index in [4.69, 9.17) is 9.97 Å². The van der Waals surface area contributed by atoms with Gasteiger partial charge in [0.05, 0.1) is 22.8 Å². The molecule has 0 fully saturated rings. The molecule has 0 saturated carbocycles. The smallest absolute Gasteiger partial charge is 0.0708 e. The van der Waals surface area contributed by atoms with Gasteiger partial charge in [-0.25, -0.2) is 0 Å². The van der Waals surface area contributed by atoms with Crippen molar-refractivity contribution in [3.63, 3.8) is 0 Å². The lowest BCUT2D eigenvalue weighted by Gasteiger charge is -2.18. The van der Waals surface area contributed by atoms with Crippen LogP contribution in [0, 0.1) is 0 Å². The second-order valence-corrected chi connectivity index (χ2v) is 9.96. The average molecular weight is 539 g/mol. The lowest BCUT2D eigenvalue weighted by atomic mass is 9.87. The van der Waals surface area contributed by atoms with Crippen molar-refractivity contribution in [1.29, 1.82) is 0 Å². The van der Waals surface area contributed by atoms with E-state index in [1.807, 2.05) is 85.5 Å². The summed E-state index contributed by atoms with van der Waals surface area (Å²) in [6, 6.07) is 45.7. The van der Waals surface area contributed by atoms with Crippen molar-refractivity contribution in [2.45, 2.75) is 0 Å². The highest BCUT2D eigenvalue weighted by Crippen LogP contribution is 2.41. The second-order valence-electron chi connectivity index (χ2n) is 9.96. The third-order valence-corrected chi connectivity index (χ3v) is 7.35. The first-order valence-corrected chi connectivity index (χ1v) is 13.9. The van der Waals surface area contributed by atoms with Crippen LogP contribution in [0.2, 0.25) is 0 Å². The Hall–Kier alpha value is -5.74. The number of pyridine rings is 4. The zero-order chi connectivity index (χ0) is 28.1. The van der Waals surface area contributed by atoms with Crippen LogP contribution in [0.4, 0.5) is 0 Å². The molecule has 4 aromatic heterocycles. The van der Waals surface area contributed by atoms with E-state index >= 15 is 0 Å². The Morgan fingerprint density at radius 2 is 0.571 bits per heavy atom. The van der Waals surface area contributed by atoms with Crippen molar-refractivity contribution < 1.29 is 0 Å². The number of rotatable bonds is 6. The van der Waals surface area contributed by atoms with E-state index in [1.54, 1.807) is 0 Å². The van der Waals surface area contributed by atoms with Crippen LogP contribution in [0.1, 0.15) is 0 Å². The van der Waals surface area contributed by atoms with Crippen molar-refractivity contribution in [1.82, 2.24) is 19.9 Å². The van der Waals surface area contributed by atoms with Crippen LogP contribution in [0.3, 0.4) is 0 Å². The molecule has 42 heavy (non-hydrogen) atoms. The van der Waals surface area contributed by atoms with Crippen molar-refractivity contribution in [2.24, 2.45) is 0 Å². The summed E-state index contributed by atoms with van der Waals surface area (Å²) in [5, 5.41) is 0. The number of aromatic nitrogens is 4. The lowest BCUT2D eigenvalue weighted by molar-refractivity contribution is 1.31. The molecule has 198 valence electrons. The van der Waals surface area contributed by atoms with E-state index in [2.05, 4.69) is 82.8 Å². The Labute approximate surface area is 245 Å². The molecule has 0 spiro atoms. The van der Waals surface area contributed by atoms with Gasteiger partial charge >= 0.3 is 0 Å². The summed E-state index contributed by atoms with van der Waals surface area (Å²) in [7, 11) is 0. The molecule has 0 radical (unpaired) electrons. The van der Waals surface area contributed by atoms with Gasteiger partial charge in [0.25, 0.3) is 0 Å². The molecule has 4 heterocycles. The molecule has 0 aliphatic heterocycles. The van der Waals surface area contributed by atoms with Gasteiger partial charge in [0.15, 0.2) is 0 Å². The highest BCUT2D eigenvalue weighted by Gasteiger charge is 2.17. The van der Waals surface area contributed by atoms with Crippen LogP contribution in [0.15, 0.2) is 158 Å². The Bertz CT molecular complexity index is 1780. The molecule has 4 heteroatoms. The predicted molar refractivity (Wildman–Crippen MR) is 170 cm³/mol. The largest absolute Gasteiger partial charge is 0.256 e. The highest BCUT2D eigenvalue weighted by molar-refractivity contribution is 5.94. The maximum atomic E-state index is 4.75. The first kappa shape index (κ1) is 25.2. The molecule has 7 rings (SSSR count). The van der Waals surface area contributed by atoms with Crippen LogP contribution in [0.5, 0.6) is 0 Å². The fraction of sp³-hybridized carbons (Fsp3) is 0. The Kier molecular flexibility index (Phi) is 6.85. The summed E-state index contributed by atoms with van der Waals surface area (Å²) < 4.78 is 0. The quantitative estimate of drug-likeness (QED) is 0.212. The first-order valence-electron chi connectivity index (χ1n) is 13.9. The second kappa shape index (κ2) is 11.4. The van der Waals surface area contributed by atoms with Crippen LogP contribution in [0.25, 0.3) is 67.3 Å². The van der Waals surface area contributed by atoms with Gasteiger partial charge in [-0.05, 0) is 82.9 Å². The van der Waals surface area contributed by atoms with Crippen LogP contribution in [-0.4, -0.2) is 19.9 Å². The van der Waals surface area contributed by atoms with E-state index in [9.17, 15) is 0 Å². The average Bonchev–Trinajstić information content (AvgIpc) is 3.09. The minimum Gasteiger partial charge on any atom is -0.256 e. The van der Waals surface area contributed by atoms with Gasteiger partial charge in [-0.15, -0.1) is 0 Å². The number of hydrogen-bond acceptors (Lipinski definition) is 4. The molecule has 0 amide bonds. The summed E-state index contributed by atoms with van der Waals surface area (Å²) in [6.45, 7) is 0. The molecule has 0 N–H and O–H groups in total. The van der Waals surface area contributed by atoms with Crippen LogP contribution in [-0.2, 0) is 0 Å². The summed E-state index contributed by atoms with van der Waals surface area (Å²) in [6.07, 6.45) is 7.33. The molecule has 4 nitrogen and oxygen atoms in total. The normalized spacial score (nSPS) is 10.9. The maximum absolute atomic E-state index is 4.75. The molecule has 0 atom stereocenters. The molecule has 3 aromatic carbocycles. The van der Waals surface area contributed by atoms with E-state index in [-0.39, 0.29) is 0 Å². The summed E-state index contributed by atoms with van der Waals surface area (Å²) in [5.74, 6) is 0. The van der Waals surface area contributed by atoms with E-state index < -0.39 is 0 Å². The van der Waals surface area contributed by atoms with Gasteiger partial charge < -0.3 is 0 Å². The minimum absolute atomic E-state index is 0.913. The summed E-state index contributed by atoms with van der Waals surface area (Å²) in [5.41, 5.74) is 12.4. The number of hydrogen-bond donors (Lipinski definition) is 0. The molecule has 0 aliphatic carbocycles. The molecule has 0 aliphatic rings. The van der Waals surface area contributed by atoms with Gasteiger partial charge in [0.2, 0.25) is 0 Å². The third kappa shape index (κ3) is 5.09. The number of benzene rings is 3. The van der Waals surface area contributed by atoms with Crippen LogP contribution < -0.4 is 0 Å². The lowest BCUT2D eigenvalue weighted by Crippen LogP contribution is -1.95. The standard InChI is InChI=1S/C38H26N4/c1-5-21-39-35(9-1)29-17-13-27(14-18-29)31-25-32(28-15-19-30(20-16-28)36-10-2-6-22-40-36)34(38-12-4-8-24-42-38)26-33(31)37-11-3-7-23-41-37/h1-26H. The fourth-order valence-corrected chi connectivity index (χ4v) is 5.25. The summed E-state index contributed by atoms with van der Waals surface area (Å²) >= 11 is 0. The zero-order valence-corrected chi connectivity index (χ0v) is 22.8. The highest BCUT2D eigenvalue weighted by atomic mass is 14.7. The topological polar surface area (TPSA) is 51.6 Å². The van der Waals surface area contributed by atoms with Crippen molar-refractivity contribution in [2.75, 3.05) is 0 Å². The van der Waals surface area contributed by atoms with Gasteiger partial charge in [-0.2, -0.15) is 0 Å². The van der Waals surface area contributed by atoms with Gasteiger partial charge in [-0.1, -0.05) is 72.8 Å². The van der Waals surface area contributed by atoms with E-state index in [0.29, 0.717) is 0 Å². The molecular weight excluding hydrogens is 512 g/mol. The fourth-order valence-electron chi connectivity index (χ4n) is 5.25. The maximum Gasteiger partial charge on any atom is 0.0708 e. The Balaban J connectivity index is 1.42. The Morgan fingerprint density at radius 1 is 0.262 bits per heavy atom. The molecule has 7 aromatic rings. The first-order chi connectivity index (χ1) is 20.8. The zero-order valence-electron chi connectivity index (χ0n) is 22.8. The number of nitrogens with zero attached hydrogens (tertiary/aromatic N) is 4. The van der Waals surface area contributed by atoms with E-state index in [1.165, 1.54) is 0 Å². The van der Waals surface area contributed by atoms with Crippen molar-refractivity contribution in [3.05, 3.63) is 158 Å². The van der Waals surface area contributed by atoms with E-state index in [0.717, 1.165) is 67.3 Å². The van der Waals surface area contributed by atoms with Crippen LogP contribution >= 0.6 is 0 Å². The Morgan fingerprint density at radius 3 is 0.905 bits per heavy atom. The van der Waals surface area contributed by atoms with Gasteiger partial charge in [0, 0.05) is 47.0 Å². The van der Waals surface area contributed by atoms with Gasteiger partial charge in [-0.3, -0.25) is 19.9 Å². The molecule has 0 bridgehead atoms. The molecule has 0 unspecified atom stereocenters. The summed E-state index contributed by atoms with van der Waals surface area (Å²) in [4.78, 5) is 18.5. The van der Waals surface area contributed by atoms with Crippen molar-refractivity contribution >= 4 is 0 Å². The molecular formula is C38H26N4.